The number of carbonyl (C=O) groups excluding carboxylic acids is 1. The van der Waals surface area contributed by atoms with Crippen molar-refractivity contribution in [3.63, 3.8) is 0 Å². The van der Waals surface area contributed by atoms with E-state index in [9.17, 15) is 14.7 Å². The lowest BCUT2D eigenvalue weighted by Gasteiger charge is -2.61. The van der Waals surface area contributed by atoms with E-state index in [1.54, 1.807) is 0 Å². The molecular formula is C25H37N3O4. The van der Waals surface area contributed by atoms with Crippen LogP contribution >= 0.6 is 0 Å². The first-order valence-electron chi connectivity index (χ1n) is 12.4. The highest BCUT2D eigenvalue weighted by Gasteiger charge is 2.61. The van der Waals surface area contributed by atoms with Crippen molar-refractivity contribution in [2.24, 2.45) is 40.4 Å². The van der Waals surface area contributed by atoms with Crippen molar-refractivity contribution >= 4 is 11.8 Å². The summed E-state index contributed by atoms with van der Waals surface area (Å²) in [5, 5.41) is 27.2. The van der Waals surface area contributed by atoms with E-state index in [1.807, 2.05) is 6.92 Å². The number of Topliss-reactive ketones (excluding diaryl/α,β-unsaturated/α-hetero) is 1. The van der Waals surface area contributed by atoms with Crippen LogP contribution in [-0.4, -0.2) is 42.6 Å². The predicted molar refractivity (Wildman–Crippen MR) is 118 cm³/mol. The van der Waals surface area contributed by atoms with Crippen molar-refractivity contribution in [1.82, 2.24) is 15.0 Å². The summed E-state index contributed by atoms with van der Waals surface area (Å²) in [4.78, 5) is 24.4. The van der Waals surface area contributed by atoms with Gasteiger partial charge in [-0.1, -0.05) is 19.1 Å². The zero-order chi connectivity index (χ0) is 22.9. The Hall–Kier alpha value is -1.76. The molecule has 8 atom stereocenters. The maximum absolute atomic E-state index is 13.3. The second-order valence-corrected chi connectivity index (χ2v) is 12.1. The number of aliphatic hydroxyl groups is 1. The number of fused-ring (bicyclic) bond motifs is 5. The van der Waals surface area contributed by atoms with Gasteiger partial charge in [-0.15, -0.1) is 5.10 Å². The summed E-state index contributed by atoms with van der Waals surface area (Å²) in [5.41, 5.74) is -0.280. The third-order valence-corrected chi connectivity index (χ3v) is 10.4. The number of hydrogen-bond acceptors (Lipinski definition) is 5. The number of ketones is 1. The standard InChI is InChI=1S/C25H37N3O4/c1-23(32)10-11-24(2)15(12-23)4-5-16-17-6-7-19(25(17,3)9-8-18(16)24)21(29)14-28-13-20(22(30)31)26-27-28/h13,15-19,32H,4-12,14H2,1-3H3,(H,30,31)/t15-,16+,17+,18+,19-,23-,24+,25+/m1/s1. The van der Waals surface area contributed by atoms with Gasteiger partial charge in [0.1, 0.15) is 6.54 Å². The van der Waals surface area contributed by atoms with Crippen molar-refractivity contribution < 1.29 is 19.8 Å². The highest BCUT2D eigenvalue weighted by Crippen LogP contribution is 2.68. The number of rotatable bonds is 4. The van der Waals surface area contributed by atoms with Gasteiger partial charge in [-0.05, 0) is 99.2 Å². The number of carboxylic acid groups (broad SMARTS) is 1. The van der Waals surface area contributed by atoms with Crippen LogP contribution in [-0.2, 0) is 11.3 Å². The lowest BCUT2D eigenvalue weighted by atomic mass is 9.44. The topological polar surface area (TPSA) is 105 Å². The summed E-state index contributed by atoms with van der Waals surface area (Å²) >= 11 is 0. The van der Waals surface area contributed by atoms with Crippen LogP contribution in [0.2, 0.25) is 0 Å². The Bertz CT molecular complexity index is 926. The van der Waals surface area contributed by atoms with Gasteiger partial charge in [-0.25, -0.2) is 9.48 Å². The van der Waals surface area contributed by atoms with Gasteiger partial charge < -0.3 is 10.2 Å². The minimum atomic E-state index is -1.12. The predicted octanol–water partition coefficient (Wildman–Crippen LogP) is 3.96. The van der Waals surface area contributed by atoms with E-state index in [4.69, 9.17) is 5.11 Å². The zero-order valence-corrected chi connectivity index (χ0v) is 19.6. The average molecular weight is 444 g/mol. The lowest BCUT2D eigenvalue weighted by molar-refractivity contribution is -0.151. The normalized spacial score (nSPS) is 45.6. The fourth-order valence-corrected chi connectivity index (χ4v) is 8.70. The van der Waals surface area contributed by atoms with Crippen molar-refractivity contribution in [3.8, 4) is 0 Å². The van der Waals surface area contributed by atoms with E-state index in [0.29, 0.717) is 29.1 Å². The fourth-order valence-electron chi connectivity index (χ4n) is 8.70. The molecule has 0 bridgehead atoms. The van der Waals surface area contributed by atoms with E-state index >= 15 is 0 Å². The number of aromatic nitrogens is 3. The van der Waals surface area contributed by atoms with Crippen LogP contribution in [0.25, 0.3) is 0 Å². The Morgan fingerprint density at radius 3 is 2.50 bits per heavy atom. The molecule has 0 saturated heterocycles. The number of carbonyl (C=O) groups is 2. The van der Waals surface area contributed by atoms with Gasteiger partial charge in [-0.3, -0.25) is 4.79 Å². The molecule has 4 fully saturated rings. The van der Waals surface area contributed by atoms with E-state index < -0.39 is 11.6 Å². The summed E-state index contributed by atoms with van der Waals surface area (Å²) in [5.74, 6) is 1.65. The SMILES string of the molecule is C[C@@]1(O)CC[C@@]2(C)[C@H](CC[C@@H]3[C@@H]2CC[C@]2(C)[C@@H](C(=O)Cn4cc(C(=O)O)nn4)CC[C@@H]32)C1. The zero-order valence-electron chi connectivity index (χ0n) is 19.6. The number of aromatic carboxylic acids is 1. The first kappa shape index (κ1) is 22.1. The molecule has 1 aromatic rings. The van der Waals surface area contributed by atoms with E-state index in [-0.39, 0.29) is 29.4 Å². The van der Waals surface area contributed by atoms with Crippen LogP contribution in [0.1, 0.15) is 89.0 Å². The molecule has 4 saturated carbocycles. The average Bonchev–Trinajstić information content (AvgIpc) is 3.32. The van der Waals surface area contributed by atoms with Crippen molar-refractivity contribution in [2.75, 3.05) is 0 Å². The van der Waals surface area contributed by atoms with E-state index in [1.165, 1.54) is 30.1 Å². The van der Waals surface area contributed by atoms with E-state index in [2.05, 4.69) is 24.2 Å². The second-order valence-electron chi connectivity index (χ2n) is 12.1. The number of carboxylic acids is 1. The molecule has 0 aromatic carbocycles. The molecule has 0 amide bonds. The number of hydrogen-bond donors (Lipinski definition) is 2. The molecule has 4 aliphatic rings. The maximum Gasteiger partial charge on any atom is 0.358 e. The minimum Gasteiger partial charge on any atom is -0.476 e. The molecule has 0 aliphatic heterocycles. The van der Waals surface area contributed by atoms with Gasteiger partial charge >= 0.3 is 5.97 Å². The molecular weight excluding hydrogens is 406 g/mol. The van der Waals surface area contributed by atoms with Crippen molar-refractivity contribution in [1.29, 1.82) is 0 Å². The Balaban J connectivity index is 1.32. The molecule has 4 aliphatic carbocycles. The minimum absolute atomic E-state index is 0.0172. The Morgan fingerprint density at radius 2 is 1.78 bits per heavy atom. The van der Waals surface area contributed by atoms with Crippen LogP contribution in [0.5, 0.6) is 0 Å². The molecule has 0 radical (unpaired) electrons. The maximum atomic E-state index is 13.3. The summed E-state index contributed by atoms with van der Waals surface area (Å²) in [6.45, 7) is 6.96. The Kier molecular flexibility index (Phi) is 5.08. The molecule has 32 heavy (non-hydrogen) atoms. The summed E-state index contributed by atoms with van der Waals surface area (Å²) in [6.07, 6.45) is 11.1. The quantitative estimate of drug-likeness (QED) is 0.730. The summed E-state index contributed by atoms with van der Waals surface area (Å²) in [6, 6.07) is 0. The molecule has 2 N–H and O–H groups in total. The van der Waals surface area contributed by atoms with Crippen molar-refractivity contribution in [2.45, 2.75) is 90.7 Å². The van der Waals surface area contributed by atoms with Gasteiger partial charge in [0, 0.05) is 5.92 Å². The van der Waals surface area contributed by atoms with Crippen LogP contribution < -0.4 is 0 Å². The monoisotopic (exact) mass is 443 g/mol. The third-order valence-electron chi connectivity index (χ3n) is 10.4. The van der Waals surface area contributed by atoms with E-state index in [0.717, 1.165) is 38.5 Å². The van der Waals surface area contributed by atoms with Gasteiger partial charge in [0.15, 0.2) is 11.5 Å². The first-order chi connectivity index (χ1) is 15.0. The fraction of sp³-hybridized carbons (Fsp3) is 0.840. The highest BCUT2D eigenvalue weighted by molar-refractivity contribution is 5.85. The van der Waals surface area contributed by atoms with Gasteiger partial charge in [0.25, 0.3) is 0 Å². The van der Waals surface area contributed by atoms with Gasteiger partial charge in [0.2, 0.25) is 0 Å². The highest BCUT2D eigenvalue weighted by atomic mass is 16.4. The Morgan fingerprint density at radius 1 is 1.03 bits per heavy atom. The van der Waals surface area contributed by atoms with Crippen molar-refractivity contribution in [3.05, 3.63) is 11.9 Å². The summed E-state index contributed by atoms with van der Waals surface area (Å²) in [7, 11) is 0. The van der Waals surface area contributed by atoms with Crippen LogP contribution in [0.15, 0.2) is 6.20 Å². The molecule has 0 unspecified atom stereocenters. The van der Waals surface area contributed by atoms with Crippen LogP contribution in [0.4, 0.5) is 0 Å². The molecule has 7 nitrogen and oxygen atoms in total. The lowest BCUT2D eigenvalue weighted by Crippen LogP contribution is -2.55. The van der Waals surface area contributed by atoms with Crippen LogP contribution in [0.3, 0.4) is 0 Å². The number of nitrogens with zero attached hydrogens (tertiary/aromatic N) is 3. The molecule has 7 heteroatoms. The molecule has 1 heterocycles. The third kappa shape index (κ3) is 3.34. The molecule has 0 spiro atoms. The van der Waals surface area contributed by atoms with Gasteiger partial charge in [-0.2, -0.15) is 0 Å². The van der Waals surface area contributed by atoms with Crippen LogP contribution in [0, 0.1) is 40.4 Å². The summed E-state index contributed by atoms with van der Waals surface area (Å²) < 4.78 is 1.38. The van der Waals surface area contributed by atoms with Gasteiger partial charge in [0.05, 0.1) is 11.8 Å². The smallest absolute Gasteiger partial charge is 0.358 e. The largest absolute Gasteiger partial charge is 0.476 e. The second kappa shape index (κ2) is 7.37. The first-order valence-corrected chi connectivity index (χ1v) is 12.4. The molecule has 5 rings (SSSR count). The molecule has 1 aromatic heterocycles. The Labute approximate surface area is 190 Å². The molecule has 176 valence electrons.